The number of aromatic nitrogens is 4. The van der Waals surface area contributed by atoms with Crippen LogP contribution in [0.2, 0.25) is 0 Å². The third kappa shape index (κ3) is 10.5. The molecule has 53 heavy (non-hydrogen) atoms. The van der Waals surface area contributed by atoms with E-state index in [-0.39, 0.29) is 35.0 Å². The van der Waals surface area contributed by atoms with Gasteiger partial charge in [0, 0.05) is 44.2 Å². The minimum Gasteiger partial charge on any atom is -0.444 e. The molecule has 1 aliphatic carbocycles. The molecule has 0 saturated heterocycles. The normalized spacial score (nSPS) is 16.8. The van der Waals surface area contributed by atoms with E-state index in [0.717, 1.165) is 40.7 Å². The quantitative estimate of drug-likeness (QED) is 0.153. The van der Waals surface area contributed by atoms with Crippen LogP contribution >= 0.6 is 0 Å². The summed E-state index contributed by atoms with van der Waals surface area (Å²) in [5.74, 6) is -0.193. The average Bonchev–Trinajstić information content (AvgIpc) is 3.65. The Bertz CT molecular complexity index is 2000. The Morgan fingerprint density at radius 2 is 1.68 bits per heavy atom. The Balaban J connectivity index is 1.30. The van der Waals surface area contributed by atoms with Gasteiger partial charge in [0.05, 0.1) is 4.90 Å². The topological polar surface area (TPSA) is 188 Å². The number of hydrogen-bond acceptors (Lipinski definition) is 9. The summed E-state index contributed by atoms with van der Waals surface area (Å²) in [4.78, 5) is 39.9. The van der Waals surface area contributed by atoms with E-state index in [1.54, 1.807) is 42.5 Å². The maximum Gasteiger partial charge on any atom is 0.407 e. The SMILES string of the molecule is Cc1cc(S(=O)(=O)N(C)C)ccc1-c1cccc(CC(NC(=O)C2CCC(CNC(=O)OC(C)(C)C)CC2)C(=O)Nc2ccc(-c3nn[nH]n3)cc2)c1. The Hall–Kier alpha value is -5.15. The number of rotatable bonds is 12. The molecule has 1 unspecified atom stereocenters. The van der Waals surface area contributed by atoms with Gasteiger partial charge in [-0.1, -0.05) is 30.3 Å². The Kier molecular flexibility index (Phi) is 12.3. The second-order valence-electron chi connectivity index (χ2n) is 14.6. The molecule has 1 aromatic heterocycles. The molecule has 0 radical (unpaired) electrons. The van der Waals surface area contributed by atoms with E-state index in [0.29, 0.717) is 30.9 Å². The molecule has 1 saturated carbocycles. The number of tetrazole rings is 1. The highest BCUT2D eigenvalue weighted by Gasteiger charge is 2.30. The number of hydrogen-bond donors (Lipinski definition) is 4. The first-order valence-corrected chi connectivity index (χ1v) is 19.1. The molecule has 4 aromatic rings. The lowest BCUT2D eigenvalue weighted by Gasteiger charge is -2.29. The van der Waals surface area contributed by atoms with E-state index in [1.807, 2.05) is 52.0 Å². The van der Waals surface area contributed by atoms with Gasteiger partial charge in [-0.25, -0.2) is 17.5 Å². The fraction of sp³-hybridized carbons (Fsp3) is 0.421. The van der Waals surface area contributed by atoms with Gasteiger partial charge >= 0.3 is 6.09 Å². The van der Waals surface area contributed by atoms with Crippen LogP contribution in [0.15, 0.2) is 71.6 Å². The molecule has 0 spiro atoms. The number of carbonyl (C=O) groups is 3. The van der Waals surface area contributed by atoms with Crippen molar-refractivity contribution in [2.75, 3.05) is 26.0 Å². The fourth-order valence-corrected chi connectivity index (χ4v) is 7.31. The molecule has 1 heterocycles. The van der Waals surface area contributed by atoms with Gasteiger partial charge in [0.2, 0.25) is 27.7 Å². The molecule has 5 rings (SSSR count). The number of aromatic amines is 1. The second-order valence-corrected chi connectivity index (χ2v) is 16.8. The predicted molar refractivity (Wildman–Crippen MR) is 201 cm³/mol. The van der Waals surface area contributed by atoms with Crippen LogP contribution in [0.1, 0.15) is 57.6 Å². The summed E-state index contributed by atoms with van der Waals surface area (Å²) < 4.78 is 31.9. The first kappa shape index (κ1) is 39.1. The fourth-order valence-electron chi connectivity index (χ4n) is 6.32. The largest absolute Gasteiger partial charge is 0.444 e. The average molecular weight is 745 g/mol. The molecule has 0 bridgehead atoms. The third-order valence-electron chi connectivity index (χ3n) is 9.19. The van der Waals surface area contributed by atoms with Gasteiger partial charge in [0.25, 0.3) is 0 Å². The number of benzene rings is 3. The summed E-state index contributed by atoms with van der Waals surface area (Å²) in [6.07, 6.45) is 2.54. The van der Waals surface area contributed by atoms with Gasteiger partial charge in [-0.3, -0.25) is 9.59 Å². The smallest absolute Gasteiger partial charge is 0.407 e. The Labute approximate surface area is 310 Å². The predicted octanol–water partition coefficient (Wildman–Crippen LogP) is 5.09. The summed E-state index contributed by atoms with van der Waals surface area (Å²) in [7, 11) is -0.599. The number of amides is 3. The van der Waals surface area contributed by atoms with Gasteiger partial charge in [-0.15, -0.1) is 10.2 Å². The van der Waals surface area contributed by atoms with E-state index in [2.05, 4.69) is 36.6 Å². The zero-order valence-corrected chi connectivity index (χ0v) is 31.8. The Morgan fingerprint density at radius 3 is 2.30 bits per heavy atom. The van der Waals surface area contributed by atoms with Crippen molar-refractivity contribution in [3.63, 3.8) is 0 Å². The summed E-state index contributed by atoms with van der Waals surface area (Å²) in [5.41, 5.74) is 3.99. The Morgan fingerprint density at radius 1 is 0.962 bits per heavy atom. The third-order valence-corrected chi connectivity index (χ3v) is 11.0. The number of anilines is 1. The minimum atomic E-state index is -3.59. The molecule has 3 amide bonds. The number of nitrogens with zero attached hydrogens (tertiary/aromatic N) is 4. The molecule has 1 atom stereocenters. The number of alkyl carbamates (subject to hydrolysis) is 1. The lowest BCUT2D eigenvalue weighted by atomic mass is 9.81. The molecular formula is C38H48N8O6S. The highest BCUT2D eigenvalue weighted by Crippen LogP contribution is 2.30. The second kappa shape index (κ2) is 16.7. The van der Waals surface area contributed by atoms with Crippen LogP contribution in [0.5, 0.6) is 0 Å². The lowest BCUT2D eigenvalue weighted by molar-refractivity contribution is -0.130. The molecule has 282 valence electrons. The van der Waals surface area contributed by atoms with Crippen molar-refractivity contribution in [2.24, 2.45) is 11.8 Å². The van der Waals surface area contributed by atoms with Gasteiger partial charge in [0.1, 0.15) is 11.6 Å². The van der Waals surface area contributed by atoms with Crippen LogP contribution in [-0.4, -0.2) is 83.5 Å². The van der Waals surface area contributed by atoms with Crippen LogP contribution in [0.4, 0.5) is 10.5 Å². The molecule has 3 aromatic carbocycles. The van der Waals surface area contributed by atoms with Crippen molar-refractivity contribution in [1.82, 2.24) is 35.6 Å². The van der Waals surface area contributed by atoms with Crippen LogP contribution in [0, 0.1) is 18.8 Å². The van der Waals surface area contributed by atoms with E-state index in [1.165, 1.54) is 18.4 Å². The van der Waals surface area contributed by atoms with Crippen molar-refractivity contribution in [2.45, 2.75) is 76.3 Å². The number of nitrogens with one attached hydrogen (secondary N) is 4. The highest BCUT2D eigenvalue weighted by atomic mass is 32.2. The van der Waals surface area contributed by atoms with E-state index < -0.39 is 27.8 Å². The van der Waals surface area contributed by atoms with Crippen LogP contribution in [-0.2, 0) is 30.8 Å². The number of carbonyl (C=O) groups excluding carboxylic acids is 3. The van der Waals surface area contributed by atoms with Crippen molar-refractivity contribution < 1.29 is 27.5 Å². The summed E-state index contributed by atoms with van der Waals surface area (Å²) in [6.45, 7) is 7.79. The first-order valence-electron chi connectivity index (χ1n) is 17.6. The molecule has 1 aliphatic rings. The molecule has 4 N–H and O–H groups in total. The monoisotopic (exact) mass is 744 g/mol. The minimum absolute atomic E-state index is 0.194. The lowest BCUT2D eigenvalue weighted by Crippen LogP contribution is -2.48. The van der Waals surface area contributed by atoms with Crippen molar-refractivity contribution in [3.8, 4) is 22.5 Å². The number of aryl methyl sites for hydroxylation is 1. The highest BCUT2D eigenvalue weighted by molar-refractivity contribution is 7.89. The summed E-state index contributed by atoms with van der Waals surface area (Å²) in [6, 6.07) is 18.8. The number of ether oxygens (including phenoxy) is 1. The zero-order chi connectivity index (χ0) is 38.3. The van der Waals surface area contributed by atoms with Crippen LogP contribution < -0.4 is 16.0 Å². The zero-order valence-electron chi connectivity index (χ0n) is 31.0. The van der Waals surface area contributed by atoms with Crippen molar-refractivity contribution in [3.05, 3.63) is 77.9 Å². The molecule has 1 fully saturated rings. The van der Waals surface area contributed by atoms with E-state index >= 15 is 0 Å². The molecule has 0 aliphatic heterocycles. The standard InChI is InChI=1S/C38H48N8O6S/c1-24-20-31(53(50,51)46(5)6)18-19-32(24)29-9-7-8-26(21-29)22-33(36(48)40-30-16-14-27(15-17-30)34-42-44-45-43-34)41-35(47)28-12-10-25(11-13-28)23-39-37(49)52-38(2,3)4/h7-9,14-21,25,28,33H,10-13,22-23H2,1-6H3,(H,39,49)(H,40,48)(H,41,47)(H,42,43,44,45). The van der Waals surface area contributed by atoms with Crippen LogP contribution in [0.25, 0.3) is 22.5 Å². The summed E-state index contributed by atoms with van der Waals surface area (Å²) in [5, 5.41) is 22.8. The van der Waals surface area contributed by atoms with Gasteiger partial charge in [-0.2, -0.15) is 5.21 Å². The van der Waals surface area contributed by atoms with E-state index in [9.17, 15) is 22.8 Å². The van der Waals surface area contributed by atoms with Crippen molar-refractivity contribution in [1.29, 1.82) is 0 Å². The van der Waals surface area contributed by atoms with Gasteiger partial charge in [0.15, 0.2) is 0 Å². The molecule has 14 nitrogen and oxygen atoms in total. The van der Waals surface area contributed by atoms with Gasteiger partial charge in [-0.05, 0) is 123 Å². The van der Waals surface area contributed by atoms with Gasteiger partial charge < -0.3 is 20.7 Å². The molecule has 15 heteroatoms. The summed E-state index contributed by atoms with van der Waals surface area (Å²) >= 11 is 0. The number of H-pyrrole nitrogens is 1. The van der Waals surface area contributed by atoms with E-state index in [4.69, 9.17) is 4.74 Å². The molecular weight excluding hydrogens is 697 g/mol. The van der Waals surface area contributed by atoms with Crippen molar-refractivity contribution >= 4 is 33.6 Å². The number of sulfonamides is 1. The maximum atomic E-state index is 13.9. The maximum absolute atomic E-state index is 13.9. The first-order chi connectivity index (χ1) is 25.1. The van der Waals surface area contributed by atoms with Crippen LogP contribution in [0.3, 0.4) is 0 Å².